The molecule has 0 unspecified atom stereocenters. The van der Waals surface area contributed by atoms with E-state index in [1.54, 1.807) is 12.4 Å². The van der Waals surface area contributed by atoms with Crippen LogP contribution in [0.2, 0.25) is 0 Å². The number of carbonyl (C=O) groups excluding carboxylic acids is 2. The Morgan fingerprint density at radius 1 is 1.08 bits per heavy atom. The summed E-state index contributed by atoms with van der Waals surface area (Å²) in [6.45, 7) is 3.25. The Kier molecular flexibility index (Phi) is 5.96. The van der Waals surface area contributed by atoms with E-state index in [1.165, 1.54) is 11.8 Å². The fraction of sp³-hybridized carbons (Fsp3) is 0.588. The lowest BCUT2D eigenvalue weighted by Crippen LogP contribution is -2.50. The molecule has 6 nitrogen and oxygen atoms in total. The van der Waals surface area contributed by atoms with Crippen LogP contribution < -0.4 is 5.32 Å². The molecule has 0 radical (unpaired) electrons. The number of nitrogens with one attached hydrogen (secondary N) is 1. The minimum absolute atomic E-state index is 0.0566. The first-order valence-corrected chi connectivity index (χ1v) is 9.57. The quantitative estimate of drug-likeness (QED) is 0.845. The van der Waals surface area contributed by atoms with Crippen LogP contribution >= 0.6 is 11.8 Å². The fourth-order valence-corrected chi connectivity index (χ4v) is 3.87. The number of rotatable bonds is 4. The molecule has 7 heteroatoms. The highest BCUT2D eigenvalue weighted by Crippen LogP contribution is 2.18. The predicted molar refractivity (Wildman–Crippen MR) is 93.9 cm³/mol. The van der Waals surface area contributed by atoms with Crippen LogP contribution in [0.4, 0.5) is 4.79 Å². The highest BCUT2D eigenvalue weighted by Gasteiger charge is 2.28. The molecule has 0 atom stereocenters. The summed E-state index contributed by atoms with van der Waals surface area (Å²) >= 11 is 1.52. The highest BCUT2D eigenvalue weighted by molar-refractivity contribution is 8.00. The molecule has 0 aliphatic carbocycles. The molecule has 0 aromatic carbocycles. The number of nitrogens with zero attached hydrogens (tertiary/aromatic N) is 3. The van der Waals surface area contributed by atoms with Gasteiger partial charge in [-0.3, -0.25) is 9.78 Å². The van der Waals surface area contributed by atoms with E-state index in [2.05, 4.69) is 10.3 Å². The zero-order valence-electron chi connectivity index (χ0n) is 13.8. The maximum atomic E-state index is 12.3. The van der Waals surface area contributed by atoms with Gasteiger partial charge in [0.2, 0.25) is 5.91 Å². The van der Waals surface area contributed by atoms with Crippen LogP contribution in [-0.4, -0.2) is 64.7 Å². The lowest BCUT2D eigenvalue weighted by molar-refractivity contribution is -0.119. The summed E-state index contributed by atoms with van der Waals surface area (Å²) in [4.78, 5) is 33.3. The van der Waals surface area contributed by atoms with E-state index in [9.17, 15) is 9.59 Å². The van der Waals surface area contributed by atoms with Crippen molar-refractivity contribution >= 4 is 23.7 Å². The second kappa shape index (κ2) is 8.37. The van der Waals surface area contributed by atoms with Crippen molar-refractivity contribution < 1.29 is 9.59 Å². The third-order valence-corrected chi connectivity index (χ3v) is 5.54. The molecule has 0 saturated carbocycles. The van der Waals surface area contributed by atoms with E-state index >= 15 is 0 Å². The van der Waals surface area contributed by atoms with Crippen LogP contribution in [-0.2, 0) is 4.79 Å². The number of thioether (sulfide) groups is 1. The first kappa shape index (κ1) is 17.1. The topological polar surface area (TPSA) is 65.5 Å². The van der Waals surface area contributed by atoms with Crippen molar-refractivity contribution in [3.63, 3.8) is 0 Å². The number of hydrogen-bond donors (Lipinski definition) is 1. The van der Waals surface area contributed by atoms with Gasteiger partial charge in [0, 0.05) is 49.5 Å². The summed E-state index contributed by atoms with van der Waals surface area (Å²) in [5, 5.41) is 3.09. The van der Waals surface area contributed by atoms with Gasteiger partial charge in [-0.1, -0.05) is 0 Å². The Labute approximate surface area is 147 Å². The van der Waals surface area contributed by atoms with Crippen LogP contribution in [0.25, 0.3) is 0 Å². The number of hydrogen-bond acceptors (Lipinski definition) is 4. The van der Waals surface area contributed by atoms with Gasteiger partial charge >= 0.3 is 6.03 Å². The number of likely N-dealkylation sites (tertiary alicyclic amines) is 2. The molecule has 1 aromatic heterocycles. The van der Waals surface area contributed by atoms with Crippen LogP contribution in [0, 0.1) is 0 Å². The van der Waals surface area contributed by atoms with Gasteiger partial charge in [-0.05, 0) is 37.8 Å². The minimum atomic E-state index is 0.0566. The Hall–Kier alpha value is -1.76. The molecule has 130 valence electrons. The van der Waals surface area contributed by atoms with E-state index in [0.717, 1.165) is 56.8 Å². The molecular formula is C17H24N4O2S. The summed E-state index contributed by atoms with van der Waals surface area (Å²) in [5.41, 5.74) is 0. The molecule has 2 aliphatic heterocycles. The molecular weight excluding hydrogens is 324 g/mol. The van der Waals surface area contributed by atoms with Crippen LogP contribution in [0.3, 0.4) is 0 Å². The van der Waals surface area contributed by atoms with Gasteiger partial charge in [0.15, 0.2) is 0 Å². The second-order valence-corrected chi connectivity index (χ2v) is 7.33. The molecule has 1 N–H and O–H groups in total. The molecule has 24 heavy (non-hydrogen) atoms. The van der Waals surface area contributed by atoms with Crippen LogP contribution in [0.15, 0.2) is 29.4 Å². The highest BCUT2D eigenvalue weighted by atomic mass is 32.2. The van der Waals surface area contributed by atoms with E-state index in [-0.39, 0.29) is 18.0 Å². The van der Waals surface area contributed by atoms with E-state index in [4.69, 9.17) is 0 Å². The van der Waals surface area contributed by atoms with Crippen molar-refractivity contribution in [3.8, 4) is 0 Å². The Morgan fingerprint density at radius 2 is 1.71 bits per heavy atom. The molecule has 2 aliphatic rings. The summed E-state index contributed by atoms with van der Waals surface area (Å²) in [5.74, 6) is 0.470. The van der Waals surface area contributed by atoms with Gasteiger partial charge in [-0.15, -0.1) is 11.8 Å². The Balaban J connectivity index is 1.37. The van der Waals surface area contributed by atoms with Crippen molar-refractivity contribution in [2.24, 2.45) is 0 Å². The SMILES string of the molecule is O=C(CSc1ccncc1)NC1CCN(C(=O)N2CCCC2)CC1. The van der Waals surface area contributed by atoms with Crippen LogP contribution in [0.5, 0.6) is 0 Å². The zero-order valence-corrected chi connectivity index (χ0v) is 14.6. The molecule has 3 heterocycles. The average molecular weight is 348 g/mol. The lowest BCUT2D eigenvalue weighted by Gasteiger charge is -2.34. The minimum Gasteiger partial charge on any atom is -0.353 e. The zero-order chi connectivity index (χ0) is 16.8. The largest absolute Gasteiger partial charge is 0.353 e. The molecule has 1 aromatic rings. The van der Waals surface area contributed by atoms with Crippen molar-refractivity contribution in [1.29, 1.82) is 0 Å². The molecule has 3 amide bonds. The lowest BCUT2D eigenvalue weighted by atomic mass is 10.1. The van der Waals surface area contributed by atoms with Crippen molar-refractivity contribution in [2.75, 3.05) is 31.9 Å². The first-order chi connectivity index (χ1) is 11.7. The number of urea groups is 1. The maximum Gasteiger partial charge on any atom is 0.319 e. The summed E-state index contributed by atoms with van der Waals surface area (Å²) < 4.78 is 0. The van der Waals surface area contributed by atoms with Gasteiger partial charge in [0.05, 0.1) is 5.75 Å². The third kappa shape index (κ3) is 4.63. The van der Waals surface area contributed by atoms with Crippen molar-refractivity contribution in [3.05, 3.63) is 24.5 Å². The van der Waals surface area contributed by atoms with Gasteiger partial charge in [-0.25, -0.2) is 4.79 Å². The van der Waals surface area contributed by atoms with E-state index < -0.39 is 0 Å². The molecule has 2 saturated heterocycles. The van der Waals surface area contributed by atoms with Gasteiger partial charge in [0.1, 0.15) is 0 Å². The summed E-state index contributed by atoms with van der Waals surface area (Å²) in [6.07, 6.45) is 7.37. The average Bonchev–Trinajstić information content (AvgIpc) is 3.16. The van der Waals surface area contributed by atoms with Crippen molar-refractivity contribution in [2.45, 2.75) is 36.6 Å². The summed E-state index contributed by atoms with van der Waals surface area (Å²) in [7, 11) is 0. The van der Waals surface area contributed by atoms with Crippen LogP contribution in [0.1, 0.15) is 25.7 Å². The smallest absolute Gasteiger partial charge is 0.319 e. The number of aromatic nitrogens is 1. The predicted octanol–water partition coefficient (Wildman–Crippen LogP) is 1.97. The number of carbonyl (C=O) groups is 2. The maximum absolute atomic E-state index is 12.3. The molecule has 2 fully saturated rings. The van der Waals surface area contributed by atoms with E-state index in [0.29, 0.717) is 5.75 Å². The monoisotopic (exact) mass is 348 g/mol. The fourth-order valence-electron chi connectivity index (χ4n) is 3.18. The van der Waals surface area contributed by atoms with Gasteiger partial charge in [0.25, 0.3) is 0 Å². The molecule has 0 bridgehead atoms. The Bertz CT molecular complexity index is 555. The standard InChI is InChI=1S/C17H24N4O2S/c22-16(13-24-15-3-7-18-8-4-15)19-14-5-11-21(12-6-14)17(23)20-9-1-2-10-20/h3-4,7-8,14H,1-2,5-6,9-13H2,(H,19,22). The second-order valence-electron chi connectivity index (χ2n) is 6.28. The number of pyridine rings is 1. The third-order valence-electron chi connectivity index (χ3n) is 4.53. The summed E-state index contributed by atoms with van der Waals surface area (Å²) in [6, 6.07) is 4.16. The normalized spacial score (nSPS) is 18.7. The molecule has 0 spiro atoms. The number of amides is 3. The van der Waals surface area contributed by atoms with Gasteiger partial charge in [-0.2, -0.15) is 0 Å². The van der Waals surface area contributed by atoms with Gasteiger partial charge < -0.3 is 15.1 Å². The first-order valence-electron chi connectivity index (χ1n) is 8.58. The number of piperidine rings is 1. The Morgan fingerprint density at radius 3 is 2.38 bits per heavy atom. The van der Waals surface area contributed by atoms with Crippen molar-refractivity contribution in [1.82, 2.24) is 20.1 Å². The molecule has 3 rings (SSSR count). The van der Waals surface area contributed by atoms with E-state index in [1.807, 2.05) is 21.9 Å².